The van der Waals surface area contributed by atoms with Crippen LogP contribution in [0.5, 0.6) is 0 Å². The highest BCUT2D eigenvalue weighted by atomic mass is 35.5. The molecule has 0 unspecified atom stereocenters. The van der Waals surface area contributed by atoms with Gasteiger partial charge in [-0.05, 0) is 62.4 Å². The van der Waals surface area contributed by atoms with Gasteiger partial charge in [0, 0.05) is 11.1 Å². The minimum Gasteiger partial charge on any atom is -0.381 e. The summed E-state index contributed by atoms with van der Waals surface area (Å²) in [6.07, 6.45) is 5.15. The molecule has 4 heteroatoms. The van der Waals surface area contributed by atoms with E-state index >= 15 is 0 Å². The Morgan fingerprint density at radius 3 is 2.61 bits per heavy atom. The average Bonchev–Trinajstić information content (AvgIpc) is 2.33. The van der Waals surface area contributed by atoms with Crippen molar-refractivity contribution in [3.8, 4) is 0 Å². The molecule has 0 atom stereocenters. The maximum absolute atomic E-state index is 6.17. The van der Waals surface area contributed by atoms with Gasteiger partial charge in [0.2, 0.25) is 0 Å². The van der Waals surface area contributed by atoms with Gasteiger partial charge in [-0.2, -0.15) is 0 Å². The highest BCUT2D eigenvalue weighted by Crippen LogP contribution is 2.49. The van der Waals surface area contributed by atoms with Crippen molar-refractivity contribution in [2.24, 2.45) is 5.41 Å². The van der Waals surface area contributed by atoms with Gasteiger partial charge in [-0.3, -0.25) is 0 Å². The molecule has 0 bridgehead atoms. The van der Waals surface area contributed by atoms with Crippen LogP contribution in [0.2, 0.25) is 10.0 Å². The predicted molar refractivity (Wildman–Crippen MR) is 77.6 cm³/mol. The Kier molecular flexibility index (Phi) is 3.44. The molecule has 1 aromatic rings. The van der Waals surface area contributed by atoms with Crippen molar-refractivity contribution in [2.75, 3.05) is 18.4 Å². The number of hydrogen-bond donors (Lipinski definition) is 2. The first-order valence-electron chi connectivity index (χ1n) is 6.59. The van der Waals surface area contributed by atoms with Crippen LogP contribution in [0.15, 0.2) is 18.2 Å². The average molecular weight is 285 g/mol. The molecule has 1 heterocycles. The monoisotopic (exact) mass is 284 g/mol. The minimum atomic E-state index is 0.555. The third kappa shape index (κ3) is 2.47. The van der Waals surface area contributed by atoms with Crippen LogP contribution in [-0.2, 0) is 0 Å². The molecule has 1 aromatic carbocycles. The molecule has 2 nitrogen and oxygen atoms in total. The summed E-state index contributed by atoms with van der Waals surface area (Å²) in [5.74, 6) is 0. The van der Waals surface area contributed by atoms with Crippen molar-refractivity contribution < 1.29 is 0 Å². The van der Waals surface area contributed by atoms with E-state index in [1.54, 1.807) is 0 Å². The Hall–Kier alpha value is -0.440. The topological polar surface area (TPSA) is 24.1 Å². The van der Waals surface area contributed by atoms with E-state index in [0.717, 1.165) is 15.7 Å². The molecule has 1 saturated carbocycles. The highest BCUT2D eigenvalue weighted by molar-refractivity contribution is 6.35. The first kappa shape index (κ1) is 12.6. The van der Waals surface area contributed by atoms with Gasteiger partial charge in [0.1, 0.15) is 0 Å². The maximum Gasteiger partial charge on any atom is 0.0638 e. The van der Waals surface area contributed by atoms with E-state index in [2.05, 4.69) is 10.6 Å². The summed E-state index contributed by atoms with van der Waals surface area (Å²) in [5, 5.41) is 8.44. The van der Waals surface area contributed by atoms with Crippen LogP contribution >= 0.6 is 23.2 Å². The van der Waals surface area contributed by atoms with Gasteiger partial charge >= 0.3 is 0 Å². The van der Waals surface area contributed by atoms with E-state index in [9.17, 15) is 0 Å². The molecular formula is C14H18Cl2N2. The molecule has 0 aromatic heterocycles. The van der Waals surface area contributed by atoms with E-state index < -0.39 is 0 Å². The fraction of sp³-hybridized carbons (Fsp3) is 0.571. The lowest BCUT2D eigenvalue weighted by Crippen LogP contribution is -2.50. The van der Waals surface area contributed by atoms with Crippen LogP contribution in [0.25, 0.3) is 0 Å². The Labute approximate surface area is 118 Å². The lowest BCUT2D eigenvalue weighted by Gasteiger charge is -2.51. The fourth-order valence-electron chi connectivity index (χ4n) is 3.28. The first-order valence-corrected chi connectivity index (χ1v) is 7.35. The quantitative estimate of drug-likeness (QED) is 0.860. The Balaban J connectivity index is 1.60. The SMILES string of the molecule is Clc1ccc(Cl)c(NC2CC3(CCNCC3)C2)c1. The van der Waals surface area contributed by atoms with Crippen molar-refractivity contribution in [2.45, 2.75) is 31.7 Å². The summed E-state index contributed by atoms with van der Waals surface area (Å²) in [6.45, 7) is 2.34. The van der Waals surface area contributed by atoms with E-state index in [0.29, 0.717) is 11.5 Å². The van der Waals surface area contributed by atoms with Gasteiger partial charge in [-0.1, -0.05) is 23.2 Å². The molecule has 1 aliphatic carbocycles. The number of benzene rings is 1. The van der Waals surface area contributed by atoms with E-state index in [4.69, 9.17) is 23.2 Å². The zero-order valence-corrected chi connectivity index (χ0v) is 11.8. The second kappa shape index (κ2) is 4.92. The molecule has 1 saturated heterocycles. The summed E-state index contributed by atoms with van der Waals surface area (Å²) in [4.78, 5) is 0. The first-order chi connectivity index (χ1) is 8.67. The highest BCUT2D eigenvalue weighted by Gasteiger charge is 2.44. The smallest absolute Gasteiger partial charge is 0.0638 e. The number of nitrogens with one attached hydrogen (secondary N) is 2. The van der Waals surface area contributed by atoms with Gasteiger partial charge in [0.15, 0.2) is 0 Å². The van der Waals surface area contributed by atoms with Gasteiger partial charge in [-0.25, -0.2) is 0 Å². The number of halogens is 2. The Morgan fingerprint density at radius 2 is 1.89 bits per heavy atom. The molecular weight excluding hydrogens is 267 g/mol. The van der Waals surface area contributed by atoms with Crippen LogP contribution in [0.4, 0.5) is 5.69 Å². The minimum absolute atomic E-state index is 0.555. The zero-order valence-electron chi connectivity index (χ0n) is 10.3. The van der Waals surface area contributed by atoms with Gasteiger partial charge < -0.3 is 10.6 Å². The normalized spacial score (nSPS) is 22.8. The van der Waals surface area contributed by atoms with Crippen LogP contribution in [0.3, 0.4) is 0 Å². The standard InChI is InChI=1S/C14H18Cl2N2/c15-10-1-2-12(16)13(7-10)18-11-8-14(9-11)3-5-17-6-4-14/h1-2,7,11,17-18H,3-6,8-9H2. The largest absolute Gasteiger partial charge is 0.381 e. The van der Waals surface area contributed by atoms with E-state index in [1.807, 2.05) is 18.2 Å². The molecule has 18 heavy (non-hydrogen) atoms. The summed E-state index contributed by atoms with van der Waals surface area (Å²) < 4.78 is 0. The maximum atomic E-state index is 6.17. The molecule has 1 spiro atoms. The van der Waals surface area contributed by atoms with Crippen molar-refractivity contribution in [1.29, 1.82) is 0 Å². The number of hydrogen-bond acceptors (Lipinski definition) is 2. The summed E-state index contributed by atoms with van der Waals surface area (Å²) in [6, 6.07) is 6.14. The number of rotatable bonds is 2. The lowest BCUT2D eigenvalue weighted by molar-refractivity contribution is 0.0719. The van der Waals surface area contributed by atoms with Crippen LogP contribution in [0, 0.1) is 5.41 Å². The van der Waals surface area contributed by atoms with Crippen LogP contribution in [-0.4, -0.2) is 19.1 Å². The summed E-state index contributed by atoms with van der Waals surface area (Å²) >= 11 is 12.2. The fourth-order valence-corrected chi connectivity index (χ4v) is 3.63. The molecule has 1 aliphatic heterocycles. The molecule has 2 aliphatic rings. The van der Waals surface area contributed by atoms with Crippen molar-refractivity contribution in [1.82, 2.24) is 5.32 Å². The third-order valence-corrected chi connectivity index (χ3v) is 4.88. The molecule has 98 valence electrons. The number of piperidine rings is 1. The van der Waals surface area contributed by atoms with Gasteiger partial charge in [0.25, 0.3) is 0 Å². The molecule has 0 amide bonds. The summed E-state index contributed by atoms with van der Waals surface area (Å²) in [5.41, 5.74) is 1.56. The second-order valence-electron chi connectivity index (χ2n) is 5.62. The molecule has 3 rings (SSSR count). The lowest BCUT2D eigenvalue weighted by atomic mass is 9.60. The van der Waals surface area contributed by atoms with Gasteiger partial charge in [0.05, 0.1) is 10.7 Å². The number of anilines is 1. The van der Waals surface area contributed by atoms with Crippen molar-refractivity contribution in [3.05, 3.63) is 28.2 Å². The third-order valence-electron chi connectivity index (χ3n) is 4.31. The van der Waals surface area contributed by atoms with E-state index in [-0.39, 0.29) is 0 Å². The predicted octanol–water partition coefficient (Wildman–Crippen LogP) is 3.94. The Morgan fingerprint density at radius 1 is 1.17 bits per heavy atom. The zero-order chi connectivity index (χ0) is 12.6. The molecule has 2 fully saturated rings. The summed E-state index contributed by atoms with van der Waals surface area (Å²) in [7, 11) is 0. The van der Waals surface area contributed by atoms with Crippen molar-refractivity contribution >= 4 is 28.9 Å². The van der Waals surface area contributed by atoms with Crippen LogP contribution in [0.1, 0.15) is 25.7 Å². The Bertz CT molecular complexity index is 433. The van der Waals surface area contributed by atoms with Crippen molar-refractivity contribution in [3.63, 3.8) is 0 Å². The second-order valence-corrected chi connectivity index (χ2v) is 6.47. The van der Waals surface area contributed by atoms with E-state index in [1.165, 1.54) is 38.8 Å². The molecule has 0 radical (unpaired) electrons. The van der Waals surface area contributed by atoms with Gasteiger partial charge in [-0.15, -0.1) is 0 Å². The van der Waals surface area contributed by atoms with Crippen LogP contribution < -0.4 is 10.6 Å². The molecule has 2 N–H and O–H groups in total.